The smallest absolute Gasteiger partial charge is 0.127 e. The van der Waals surface area contributed by atoms with Crippen LogP contribution in [0.4, 0.5) is 5.69 Å². The third kappa shape index (κ3) is 6.89. The number of fused-ring (bicyclic) bond motifs is 1. The molecule has 5 nitrogen and oxygen atoms in total. The zero-order chi connectivity index (χ0) is 27.7. The Labute approximate surface area is 230 Å². The van der Waals surface area contributed by atoms with Crippen LogP contribution in [0.15, 0.2) is 65.8 Å². The number of aliphatic imine (C=N–C) groups is 1. The molecule has 0 spiro atoms. The van der Waals surface area contributed by atoms with Crippen molar-refractivity contribution in [2.75, 3.05) is 33.3 Å². The van der Waals surface area contributed by atoms with E-state index in [9.17, 15) is 0 Å². The molecule has 0 aromatic heterocycles. The Morgan fingerprint density at radius 1 is 0.868 bits per heavy atom. The third-order valence-electron chi connectivity index (χ3n) is 6.95. The van der Waals surface area contributed by atoms with Crippen LogP contribution in [0.2, 0.25) is 0 Å². The van der Waals surface area contributed by atoms with Crippen LogP contribution in [0.1, 0.15) is 70.9 Å². The summed E-state index contributed by atoms with van der Waals surface area (Å²) < 4.78 is 5.87. The van der Waals surface area contributed by atoms with Crippen molar-refractivity contribution >= 4 is 23.3 Å². The highest BCUT2D eigenvalue weighted by Crippen LogP contribution is 2.40. The van der Waals surface area contributed by atoms with Gasteiger partial charge in [0.25, 0.3) is 0 Å². The summed E-state index contributed by atoms with van der Waals surface area (Å²) in [5, 5.41) is 0. The van der Waals surface area contributed by atoms with E-state index in [-0.39, 0.29) is 0 Å². The standard InChI is InChI=1S/C33H46N4O/c1-8-16-36(17-9-2)24(5)26-12-14-27(15-13-26)30-23-31-29(21-32(30)38-7)20-28(22-33(34)35-31)25(6)37(18-10-3)19-11-4/h12-15,20-21,23H,5-6,8-11,16-19,22H2,1-4,7H3,(H2,34,35). The Kier molecular flexibility index (Phi) is 10.6. The second kappa shape index (κ2) is 13.9. The van der Waals surface area contributed by atoms with Crippen molar-refractivity contribution in [2.45, 2.75) is 59.8 Å². The van der Waals surface area contributed by atoms with Gasteiger partial charge in [0, 0.05) is 55.1 Å². The van der Waals surface area contributed by atoms with Gasteiger partial charge in [0.1, 0.15) is 11.6 Å². The van der Waals surface area contributed by atoms with Crippen molar-refractivity contribution < 1.29 is 4.74 Å². The molecule has 0 fully saturated rings. The summed E-state index contributed by atoms with van der Waals surface area (Å²) in [7, 11) is 1.72. The topological polar surface area (TPSA) is 54.1 Å². The van der Waals surface area contributed by atoms with Gasteiger partial charge in [-0.1, -0.05) is 65.1 Å². The number of methoxy groups -OCH3 is 1. The van der Waals surface area contributed by atoms with E-state index < -0.39 is 0 Å². The van der Waals surface area contributed by atoms with Gasteiger partial charge in [-0.2, -0.15) is 0 Å². The van der Waals surface area contributed by atoms with Crippen LogP contribution in [0.3, 0.4) is 0 Å². The molecule has 0 amide bonds. The van der Waals surface area contributed by atoms with Gasteiger partial charge in [-0.15, -0.1) is 0 Å². The Morgan fingerprint density at radius 2 is 1.42 bits per heavy atom. The Hall–Kier alpha value is -3.47. The molecule has 2 N–H and O–H groups in total. The van der Waals surface area contributed by atoms with E-state index in [1.807, 2.05) is 0 Å². The highest BCUT2D eigenvalue weighted by atomic mass is 16.5. The number of hydrogen-bond donors (Lipinski definition) is 1. The molecule has 1 heterocycles. The number of hydrogen-bond acceptors (Lipinski definition) is 5. The van der Waals surface area contributed by atoms with Gasteiger partial charge in [-0.05, 0) is 60.6 Å². The predicted octanol–water partition coefficient (Wildman–Crippen LogP) is 7.87. The Bertz CT molecular complexity index is 1160. The number of nitrogens with zero attached hydrogens (tertiary/aromatic N) is 3. The lowest BCUT2D eigenvalue weighted by atomic mass is 9.97. The fourth-order valence-electron chi connectivity index (χ4n) is 5.08. The lowest BCUT2D eigenvalue weighted by Gasteiger charge is -2.27. The molecule has 0 aliphatic carbocycles. The summed E-state index contributed by atoms with van der Waals surface area (Å²) in [5.74, 6) is 1.41. The number of amidine groups is 1. The maximum Gasteiger partial charge on any atom is 0.127 e. The van der Waals surface area contributed by atoms with Crippen molar-refractivity contribution in [3.63, 3.8) is 0 Å². The molecule has 0 atom stereocenters. The highest BCUT2D eigenvalue weighted by molar-refractivity contribution is 5.93. The van der Waals surface area contributed by atoms with Crippen LogP contribution in [0.25, 0.3) is 22.9 Å². The van der Waals surface area contributed by atoms with Crippen LogP contribution in [0.5, 0.6) is 5.75 Å². The van der Waals surface area contributed by atoms with Crippen molar-refractivity contribution in [1.82, 2.24) is 9.80 Å². The fourth-order valence-corrected chi connectivity index (χ4v) is 5.08. The summed E-state index contributed by atoms with van der Waals surface area (Å²) in [6.07, 6.45) is 7.11. The van der Waals surface area contributed by atoms with E-state index in [4.69, 9.17) is 15.5 Å². The number of benzene rings is 2. The van der Waals surface area contributed by atoms with E-state index in [0.29, 0.717) is 12.3 Å². The van der Waals surface area contributed by atoms with E-state index in [1.54, 1.807) is 7.11 Å². The van der Waals surface area contributed by atoms with Gasteiger partial charge in [0.15, 0.2) is 0 Å². The van der Waals surface area contributed by atoms with Crippen LogP contribution < -0.4 is 10.5 Å². The Balaban J connectivity index is 1.97. The van der Waals surface area contributed by atoms with Gasteiger partial charge >= 0.3 is 0 Å². The van der Waals surface area contributed by atoms with E-state index >= 15 is 0 Å². The number of ether oxygens (including phenoxy) is 1. The molecule has 1 aliphatic rings. The molecule has 38 heavy (non-hydrogen) atoms. The molecular weight excluding hydrogens is 468 g/mol. The van der Waals surface area contributed by atoms with Crippen molar-refractivity contribution in [3.8, 4) is 16.9 Å². The van der Waals surface area contributed by atoms with Crippen LogP contribution in [-0.4, -0.2) is 48.9 Å². The molecule has 2 aromatic rings. The lowest BCUT2D eigenvalue weighted by Crippen LogP contribution is -2.26. The molecule has 1 aliphatic heterocycles. The number of nitrogens with two attached hydrogens (primary N) is 1. The monoisotopic (exact) mass is 514 g/mol. The minimum Gasteiger partial charge on any atom is -0.496 e. The van der Waals surface area contributed by atoms with Gasteiger partial charge in [-0.25, -0.2) is 4.99 Å². The van der Waals surface area contributed by atoms with Crippen LogP contribution in [0, 0.1) is 0 Å². The molecular formula is C33H46N4O. The molecule has 0 radical (unpaired) electrons. The Morgan fingerprint density at radius 3 is 1.95 bits per heavy atom. The fraction of sp³-hybridized carbons (Fsp3) is 0.424. The SMILES string of the molecule is C=C(C1=Cc2cc(OC)c(-c3ccc(C(=C)N(CCC)CCC)cc3)cc2N=C(N)C1)N(CCC)CCC. The molecule has 204 valence electrons. The maximum atomic E-state index is 6.42. The van der Waals surface area contributed by atoms with E-state index in [2.05, 4.69) is 93.1 Å². The first-order valence-corrected chi connectivity index (χ1v) is 14.1. The first-order chi connectivity index (χ1) is 18.4. The average molecular weight is 515 g/mol. The zero-order valence-corrected chi connectivity index (χ0v) is 24.1. The zero-order valence-electron chi connectivity index (χ0n) is 24.1. The second-order valence-corrected chi connectivity index (χ2v) is 10.0. The van der Waals surface area contributed by atoms with Crippen LogP contribution >= 0.6 is 0 Å². The molecule has 2 aromatic carbocycles. The largest absolute Gasteiger partial charge is 0.496 e. The minimum atomic E-state index is 0.581. The summed E-state index contributed by atoms with van der Waals surface area (Å²) in [6, 6.07) is 12.7. The first-order valence-electron chi connectivity index (χ1n) is 14.1. The normalized spacial score (nSPS) is 12.7. The van der Waals surface area contributed by atoms with Gasteiger partial charge in [0.05, 0.1) is 12.8 Å². The number of rotatable bonds is 14. The summed E-state index contributed by atoms with van der Waals surface area (Å²) >= 11 is 0. The number of allylic oxidation sites excluding steroid dienone is 1. The van der Waals surface area contributed by atoms with Crippen LogP contribution in [-0.2, 0) is 0 Å². The first kappa shape index (κ1) is 29.1. The van der Waals surface area contributed by atoms with E-state index in [0.717, 1.165) is 103 Å². The second-order valence-electron chi connectivity index (χ2n) is 10.0. The minimum absolute atomic E-state index is 0.581. The lowest BCUT2D eigenvalue weighted by molar-refractivity contribution is 0.351. The van der Waals surface area contributed by atoms with Gasteiger partial charge < -0.3 is 20.3 Å². The molecule has 0 bridgehead atoms. The summed E-state index contributed by atoms with van der Waals surface area (Å²) in [4.78, 5) is 9.53. The summed E-state index contributed by atoms with van der Waals surface area (Å²) in [6.45, 7) is 21.6. The van der Waals surface area contributed by atoms with E-state index in [1.165, 1.54) is 0 Å². The van der Waals surface area contributed by atoms with Crippen molar-refractivity contribution in [2.24, 2.45) is 10.7 Å². The maximum absolute atomic E-state index is 6.42. The molecule has 3 rings (SSSR count). The van der Waals surface area contributed by atoms with Gasteiger partial charge in [0.2, 0.25) is 0 Å². The van der Waals surface area contributed by atoms with Gasteiger partial charge in [-0.3, -0.25) is 0 Å². The highest BCUT2D eigenvalue weighted by Gasteiger charge is 2.19. The van der Waals surface area contributed by atoms with Crippen molar-refractivity contribution in [1.29, 1.82) is 0 Å². The average Bonchev–Trinajstić information content (AvgIpc) is 3.08. The molecule has 5 heteroatoms. The molecule has 0 saturated carbocycles. The molecule has 0 unspecified atom stereocenters. The van der Waals surface area contributed by atoms with Crippen molar-refractivity contribution in [3.05, 3.63) is 72.0 Å². The quantitative estimate of drug-likeness (QED) is 0.279. The summed E-state index contributed by atoms with van der Waals surface area (Å²) in [5.41, 5.74) is 14.7. The predicted molar refractivity (Wildman–Crippen MR) is 165 cm³/mol. The molecule has 0 saturated heterocycles. The third-order valence-corrected chi connectivity index (χ3v) is 6.95.